The molecule has 0 atom stereocenters. The smallest absolute Gasteiger partial charge is 0.101 e. The minimum Gasteiger partial charge on any atom is -0.370 e. The second-order valence-corrected chi connectivity index (χ2v) is 4.70. The molecule has 3 heteroatoms. The van der Waals surface area contributed by atoms with Crippen LogP contribution in [0.1, 0.15) is 12.5 Å². The molecule has 1 fully saturated rings. The number of halogens is 1. The highest BCUT2D eigenvalue weighted by atomic mass is 79.9. The summed E-state index contributed by atoms with van der Waals surface area (Å²) in [6.07, 6.45) is 0. The molecule has 72 valence electrons. The zero-order chi connectivity index (χ0) is 10.1. The van der Waals surface area contributed by atoms with Gasteiger partial charge in [0.05, 0.1) is 11.3 Å². The van der Waals surface area contributed by atoms with Gasteiger partial charge < -0.3 is 4.90 Å². The summed E-state index contributed by atoms with van der Waals surface area (Å²) < 4.78 is 0.964. The van der Waals surface area contributed by atoms with Gasteiger partial charge in [-0.1, -0.05) is 22.9 Å². The molecule has 0 saturated carbocycles. The molecule has 0 bridgehead atoms. The fourth-order valence-corrected chi connectivity index (χ4v) is 2.13. The van der Waals surface area contributed by atoms with E-state index < -0.39 is 0 Å². The molecule has 1 aromatic carbocycles. The van der Waals surface area contributed by atoms with Gasteiger partial charge in [-0.25, -0.2) is 0 Å². The molecule has 1 aromatic rings. The molecule has 0 radical (unpaired) electrons. The van der Waals surface area contributed by atoms with E-state index in [1.165, 1.54) is 0 Å². The van der Waals surface area contributed by atoms with Crippen LogP contribution in [0.2, 0.25) is 0 Å². The van der Waals surface area contributed by atoms with Crippen molar-refractivity contribution in [3.63, 3.8) is 0 Å². The zero-order valence-electron chi connectivity index (χ0n) is 8.00. The maximum Gasteiger partial charge on any atom is 0.101 e. The molecule has 1 aliphatic heterocycles. The van der Waals surface area contributed by atoms with Gasteiger partial charge in [-0.3, -0.25) is 0 Å². The van der Waals surface area contributed by atoms with E-state index in [-0.39, 0.29) is 0 Å². The van der Waals surface area contributed by atoms with Gasteiger partial charge in [0.15, 0.2) is 0 Å². The van der Waals surface area contributed by atoms with E-state index in [1.807, 2.05) is 18.2 Å². The number of benzene rings is 1. The molecule has 2 rings (SSSR count). The first kappa shape index (κ1) is 9.54. The van der Waals surface area contributed by atoms with Crippen molar-refractivity contribution in [1.29, 1.82) is 5.26 Å². The Labute approximate surface area is 92.3 Å². The summed E-state index contributed by atoms with van der Waals surface area (Å²) in [4.78, 5) is 2.25. The third-order valence-corrected chi connectivity index (χ3v) is 2.98. The van der Waals surface area contributed by atoms with Gasteiger partial charge in [0.2, 0.25) is 0 Å². The van der Waals surface area contributed by atoms with E-state index in [1.54, 1.807) is 0 Å². The summed E-state index contributed by atoms with van der Waals surface area (Å²) in [5, 5.41) is 8.98. The molecule has 0 aliphatic carbocycles. The van der Waals surface area contributed by atoms with E-state index in [2.05, 4.69) is 33.8 Å². The predicted octanol–water partition coefficient (Wildman–Crippen LogP) is 2.78. The van der Waals surface area contributed by atoms with Gasteiger partial charge in [-0.2, -0.15) is 5.26 Å². The predicted molar refractivity (Wildman–Crippen MR) is 60.2 cm³/mol. The molecular formula is C11H11BrN2. The topological polar surface area (TPSA) is 27.0 Å². The average molecular weight is 251 g/mol. The van der Waals surface area contributed by atoms with Gasteiger partial charge >= 0.3 is 0 Å². The maximum absolute atomic E-state index is 8.98. The largest absolute Gasteiger partial charge is 0.370 e. The lowest BCUT2D eigenvalue weighted by atomic mass is 10.0. The quantitative estimate of drug-likeness (QED) is 0.767. The normalized spacial score (nSPS) is 16.2. The Kier molecular flexibility index (Phi) is 2.47. The van der Waals surface area contributed by atoms with Gasteiger partial charge in [0, 0.05) is 17.6 Å². The third kappa shape index (κ3) is 1.62. The Morgan fingerprint density at radius 1 is 1.50 bits per heavy atom. The number of anilines is 1. The van der Waals surface area contributed by atoms with Crippen LogP contribution in [0.25, 0.3) is 0 Å². The Morgan fingerprint density at radius 2 is 2.21 bits per heavy atom. The first-order valence-corrected chi connectivity index (χ1v) is 5.44. The molecule has 0 unspecified atom stereocenters. The molecule has 14 heavy (non-hydrogen) atoms. The molecular weight excluding hydrogens is 240 g/mol. The van der Waals surface area contributed by atoms with Crippen molar-refractivity contribution in [2.75, 3.05) is 18.0 Å². The lowest BCUT2D eigenvalue weighted by molar-refractivity contribution is 0.447. The first-order valence-electron chi connectivity index (χ1n) is 4.65. The van der Waals surface area contributed by atoms with Crippen LogP contribution in [0.4, 0.5) is 5.69 Å². The SMILES string of the molecule is CC1CN(c2ccc(Br)cc2C#N)C1. The number of rotatable bonds is 1. The summed E-state index contributed by atoms with van der Waals surface area (Å²) >= 11 is 3.37. The summed E-state index contributed by atoms with van der Waals surface area (Å²) in [7, 11) is 0. The number of nitrogens with zero attached hydrogens (tertiary/aromatic N) is 2. The highest BCUT2D eigenvalue weighted by Gasteiger charge is 2.24. The number of nitriles is 1. The molecule has 1 saturated heterocycles. The van der Waals surface area contributed by atoms with Crippen molar-refractivity contribution < 1.29 is 0 Å². The molecule has 1 heterocycles. The Morgan fingerprint density at radius 3 is 2.79 bits per heavy atom. The van der Waals surface area contributed by atoms with Gasteiger partial charge in [0.1, 0.15) is 6.07 Å². The van der Waals surface area contributed by atoms with Gasteiger partial charge in [-0.05, 0) is 24.1 Å². The second kappa shape index (κ2) is 3.62. The lowest BCUT2D eigenvalue weighted by Crippen LogP contribution is -2.45. The lowest BCUT2D eigenvalue weighted by Gasteiger charge is -2.39. The minimum atomic E-state index is 0.755. The highest BCUT2D eigenvalue weighted by molar-refractivity contribution is 9.10. The minimum absolute atomic E-state index is 0.755. The van der Waals surface area contributed by atoms with Crippen LogP contribution in [0.5, 0.6) is 0 Å². The Hall–Kier alpha value is -1.01. The van der Waals surface area contributed by atoms with Crippen molar-refractivity contribution in [3.05, 3.63) is 28.2 Å². The third-order valence-electron chi connectivity index (χ3n) is 2.48. The van der Waals surface area contributed by atoms with Crippen molar-refractivity contribution in [2.45, 2.75) is 6.92 Å². The zero-order valence-corrected chi connectivity index (χ0v) is 9.58. The fraction of sp³-hybridized carbons (Fsp3) is 0.364. The van der Waals surface area contributed by atoms with Crippen molar-refractivity contribution in [3.8, 4) is 6.07 Å². The van der Waals surface area contributed by atoms with Crippen LogP contribution in [0, 0.1) is 17.2 Å². The van der Waals surface area contributed by atoms with Crippen molar-refractivity contribution in [2.24, 2.45) is 5.92 Å². The van der Waals surface area contributed by atoms with Gasteiger partial charge in [-0.15, -0.1) is 0 Å². The molecule has 0 N–H and O–H groups in total. The van der Waals surface area contributed by atoms with E-state index in [0.717, 1.165) is 34.7 Å². The second-order valence-electron chi connectivity index (χ2n) is 3.78. The van der Waals surface area contributed by atoms with Crippen LogP contribution in [0.3, 0.4) is 0 Å². The van der Waals surface area contributed by atoms with Gasteiger partial charge in [0.25, 0.3) is 0 Å². The number of hydrogen-bond donors (Lipinski definition) is 0. The van der Waals surface area contributed by atoms with Crippen LogP contribution in [-0.4, -0.2) is 13.1 Å². The average Bonchev–Trinajstić information content (AvgIpc) is 2.13. The standard InChI is InChI=1S/C11H11BrN2/c1-8-6-14(7-8)11-3-2-10(12)4-9(11)5-13/h2-4,8H,6-7H2,1H3. The van der Waals surface area contributed by atoms with Crippen LogP contribution in [0.15, 0.2) is 22.7 Å². The first-order chi connectivity index (χ1) is 6.70. The molecule has 1 aliphatic rings. The molecule has 0 aromatic heterocycles. The van der Waals surface area contributed by atoms with E-state index in [9.17, 15) is 0 Å². The van der Waals surface area contributed by atoms with Crippen LogP contribution >= 0.6 is 15.9 Å². The number of hydrogen-bond acceptors (Lipinski definition) is 2. The van der Waals surface area contributed by atoms with Crippen LogP contribution in [-0.2, 0) is 0 Å². The maximum atomic E-state index is 8.98. The van der Waals surface area contributed by atoms with E-state index >= 15 is 0 Å². The van der Waals surface area contributed by atoms with E-state index in [0.29, 0.717) is 0 Å². The fourth-order valence-electron chi connectivity index (χ4n) is 1.77. The summed E-state index contributed by atoms with van der Waals surface area (Å²) in [5.74, 6) is 0.755. The summed E-state index contributed by atoms with van der Waals surface area (Å²) in [6.45, 7) is 4.36. The molecule has 2 nitrogen and oxygen atoms in total. The highest BCUT2D eigenvalue weighted by Crippen LogP contribution is 2.29. The Bertz CT molecular complexity index is 389. The molecule has 0 spiro atoms. The summed E-state index contributed by atoms with van der Waals surface area (Å²) in [6, 6.07) is 8.10. The summed E-state index contributed by atoms with van der Waals surface area (Å²) in [5.41, 5.74) is 1.82. The van der Waals surface area contributed by atoms with E-state index in [4.69, 9.17) is 5.26 Å². The monoisotopic (exact) mass is 250 g/mol. The van der Waals surface area contributed by atoms with Crippen LogP contribution < -0.4 is 4.90 Å². The van der Waals surface area contributed by atoms with Crippen molar-refractivity contribution >= 4 is 21.6 Å². The van der Waals surface area contributed by atoms with Crippen molar-refractivity contribution in [1.82, 2.24) is 0 Å². The Balaban J connectivity index is 2.30. The molecule has 0 amide bonds.